The first-order valence-electron chi connectivity index (χ1n) is 12.0. The van der Waals surface area contributed by atoms with Gasteiger partial charge in [0.1, 0.15) is 34.3 Å². The molecule has 1 fully saturated rings. The molecule has 0 saturated carbocycles. The van der Waals surface area contributed by atoms with Gasteiger partial charge in [-0.1, -0.05) is 11.8 Å². The summed E-state index contributed by atoms with van der Waals surface area (Å²) in [7, 11) is -3.58. The van der Waals surface area contributed by atoms with E-state index in [1.807, 2.05) is 20.8 Å². The van der Waals surface area contributed by atoms with Crippen LogP contribution in [0.4, 0.5) is 14.5 Å². The van der Waals surface area contributed by atoms with E-state index in [2.05, 4.69) is 32.1 Å². The predicted octanol–water partition coefficient (Wildman–Crippen LogP) is 4.50. The second-order valence-electron chi connectivity index (χ2n) is 10.6. The van der Waals surface area contributed by atoms with E-state index in [4.69, 9.17) is 10.5 Å². The van der Waals surface area contributed by atoms with E-state index >= 15 is 4.39 Å². The Bertz CT molecular complexity index is 1340. The summed E-state index contributed by atoms with van der Waals surface area (Å²) >= 11 is 0. The molecule has 2 aliphatic rings. The van der Waals surface area contributed by atoms with Crippen LogP contribution in [0.1, 0.15) is 56.6 Å². The zero-order chi connectivity index (χ0) is 27.9. The van der Waals surface area contributed by atoms with Gasteiger partial charge in [0, 0.05) is 16.7 Å². The van der Waals surface area contributed by atoms with E-state index < -0.39 is 44.5 Å². The zero-order valence-corrected chi connectivity index (χ0v) is 22.4. The number of alkyl halides is 1. The molecule has 9 nitrogen and oxygen atoms in total. The molecule has 0 spiro atoms. The van der Waals surface area contributed by atoms with Crippen LogP contribution in [0.3, 0.4) is 0 Å². The molecule has 2 bridgehead atoms. The van der Waals surface area contributed by atoms with Crippen LogP contribution in [0.25, 0.3) is 0 Å². The fourth-order valence-corrected chi connectivity index (χ4v) is 7.56. The zero-order valence-electron chi connectivity index (χ0n) is 21.6. The number of rotatable bonds is 6. The number of carbonyl (C=O) groups excluding carboxylic acids is 1. The lowest BCUT2D eigenvalue weighted by Gasteiger charge is -2.54. The summed E-state index contributed by atoms with van der Waals surface area (Å²) in [5.74, 6) is 4.61. The standard InChI is InChI=1S/C26H31F2N5O4S/c1-24(2,3)9-5-11-37-21-14-30-19(13-31-21)22(34)32-16-6-7-18(28)17(12-16)25(4)20-8-10-26(15-27,23(29)33-25)38(20,35)36/h6-7,12-14,20,35-36H,8,10-11,15H2,1-4H3,(H2,29,33)(H,32,34)/t20-,25+,26-/m0/s1. The van der Waals surface area contributed by atoms with Crippen LogP contribution in [-0.4, -0.2) is 54.1 Å². The van der Waals surface area contributed by atoms with Crippen molar-refractivity contribution in [1.82, 2.24) is 9.97 Å². The van der Waals surface area contributed by atoms with Gasteiger partial charge in [0.2, 0.25) is 5.88 Å². The number of amides is 1. The number of benzene rings is 1. The van der Waals surface area contributed by atoms with E-state index in [0.29, 0.717) is 0 Å². The fourth-order valence-electron chi connectivity index (χ4n) is 4.81. The number of halogens is 2. The van der Waals surface area contributed by atoms with E-state index in [1.54, 1.807) is 0 Å². The highest BCUT2D eigenvalue weighted by Gasteiger charge is 2.65. The van der Waals surface area contributed by atoms with E-state index in [1.165, 1.54) is 31.5 Å². The van der Waals surface area contributed by atoms with Crippen molar-refractivity contribution in [2.75, 3.05) is 18.6 Å². The molecule has 5 N–H and O–H groups in total. The maximum absolute atomic E-state index is 15.1. The quantitative estimate of drug-likeness (QED) is 0.390. The molecule has 0 radical (unpaired) electrons. The molecule has 1 amide bonds. The number of hydrogen-bond acceptors (Lipinski definition) is 8. The maximum Gasteiger partial charge on any atom is 0.275 e. The van der Waals surface area contributed by atoms with Crippen molar-refractivity contribution in [3.63, 3.8) is 0 Å². The number of nitrogens with two attached hydrogens (primary N) is 1. The van der Waals surface area contributed by atoms with Gasteiger partial charge in [-0.05, 0) is 58.7 Å². The summed E-state index contributed by atoms with van der Waals surface area (Å²) in [6.07, 6.45) is 2.84. The van der Waals surface area contributed by atoms with Gasteiger partial charge in [-0.15, -0.1) is 0 Å². The molecule has 2 aliphatic heterocycles. The Labute approximate surface area is 221 Å². The minimum absolute atomic E-state index is 0.00350. The molecule has 1 aromatic heterocycles. The van der Waals surface area contributed by atoms with Gasteiger partial charge in [-0.25, -0.2) is 18.7 Å². The Hall–Kier alpha value is -3.27. The average Bonchev–Trinajstić information content (AvgIpc) is 3.06. The molecular weight excluding hydrogens is 516 g/mol. The highest BCUT2D eigenvalue weighted by Crippen LogP contribution is 2.71. The molecule has 38 heavy (non-hydrogen) atoms. The molecule has 0 unspecified atom stereocenters. The van der Waals surface area contributed by atoms with Gasteiger partial charge in [0.25, 0.3) is 5.91 Å². The normalized spacial score (nSPS) is 26.5. The van der Waals surface area contributed by atoms with E-state index in [-0.39, 0.29) is 53.5 Å². The highest BCUT2D eigenvalue weighted by molar-refractivity contribution is 8.26. The van der Waals surface area contributed by atoms with Crippen molar-refractivity contribution in [3.8, 4) is 17.7 Å². The Morgan fingerprint density at radius 3 is 2.68 bits per heavy atom. The molecular formula is C26H31F2N5O4S. The number of carbonyl (C=O) groups is 1. The van der Waals surface area contributed by atoms with Gasteiger partial charge in [-0.3, -0.25) is 18.9 Å². The number of fused-ring (bicyclic) bond motifs is 2. The van der Waals surface area contributed by atoms with Gasteiger partial charge in [-0.2, -0.15) is 10.6 Å². The number of aliphatic imine (C=N–C) groups is 1. The number of nitrogens with one attached hydrogen (secondary N) is 1. The van der Waals surface area contributed by atoms with Crippen molar-refractivity contribution in [2.45, 2.75) is 56.1 Å². The minimum atomic E-state index is -3.58. The molecule has 2 aromatic rings. The predicted molar refractivity (Wildman–Crippen MR) is 143 cm³/mol. The Balaban J connectivity index is 1.53. The summed E-state index contributed by atoms with van der Waals surface area (Å²) in [6.45, 7) is 6.54. The summed E-state index contributed by atoms with van der Waals surface area (Å²) < 4.78 is 54.8. The lowest BCUT2D eigenvalue weighted by molar-refractivity contribution is 0.102. The molecule has 3 heterocycles. The number of ether oxygens (including phenoxy) is 1. The van der Waals surface area contributed by atoms with Crippen LogP contribution in [0, 0.1) is 23.1 Å². The van der Waals surface area contributed by atoms with Gasteiger partial charge in [0.05, 0.1) is 17.6 Å². The summed E-state index contributed by atoms with van der Waals surface area (Å²) in [5, 5.41) is 1.70. The number of amidine groups is 1. The van der Waals surface area contributed by atoms with Crippen molar-refractivity contribution >= 4 is 28.0 Å². The average molecular weight is 548 g/mol. The van der Waals surface area contributed by atoms with Crippen LogP contribution in [-0.2, 0) is 5.54 Å². The molecule has 0 aliphatic carbocycles. The molecule has 12 heteroatoms. The largest absolute Gasteiger partial charge is 0.463 e. The molecule has 4 rings (SSSR count). The first-order chi connectivity index (χ1) is 17.7. The van der Waals surface area contributed by atoms with E-state index in [0.717, 1.165) is 6.07 Å². The van der Waals surface area contributed by atoms with Gasteiger partial charge in [0.15, 0.2) is 6.61 Å². The summed E-state index contributed by atoms with van der Waals surface area (Å²) in [6, 6.07) is 3.85. The number of hydrogen-bond donors (Lipinski definition) is 4. The minimum Gasteiger partial charge on any atom is -0.463 e. The smallest absolute Gasteiger partial charge is 0.275 e. The Kier molecular flexibility index (Phi) is 7.16. The lowest BCUT2D eigenvalue weighted by Crippen LogP contribution is -2.55. The highest BCUT2D eigenvalue weighted by atomic mass is 32.3. The first-order valence-corrected chi connectivity index (χ1v) is 13.6. The van der Waals surface area contributed by atoms with Crippen molar-refractivity contribution < 1.29 is 27.4 Å². The monoisotopic (exact) mass is 547 g/mol. The maximum atomic E-state index is 15.1. The van der Waals surface area contributed by atoms with Crippen molar-refractivity contribution in [2.24, 2.45) is 16.1 Å². The third-order valence-corrected chi connectivity index (χ3v) is 9.99. The van der Waals surface area contributed by atoms with Crippen LogP contribution in [0.5, 0.6) is 5.88 Å². The van der Waals surface area contributed by atoms with Crippen molar-refractivity contribution in [3.05, 3.63) is 47.7 Å². The number of nitrogens with zero attached hydrogens (tertiary/aromatic N) is 3. The summed E-state index contributed by atoms with van der Waals surface area (Å²) in [4.78, 5) is 25.3. The SMILES string of the molecule is CC(C)(C)C#CCOc1cnc(C(=O)Nc2ccc(F)c([C@@]3(C)N=C(N)[C@@]4(CF)CC[C@@H]3S4(O)O)c2)cn1. The van der Waals surface area contributed by atoms with Crippen LogP contribution in [0.15, 0.2) is 35.6 Å². The lowest BCUT2D eigenvalue weighted by atomic mass is 9.86. The van der Waals surface area contributed by atoms with Crippen LogP contribution >= 0.6 is 10.6 Å². The number of aromatic nitrogens is 2. The molecule has 3 atom stereocenters. The third kappa shape index (κ3) is 4.81. The topological polar surface area (TPSA) is 143 Å². The summed E-state index contributed by atoms with van der Waals surface area (Å²) in [5.41, 5.74) is 4.64. The second kappa shape index (κ2) is 9.80. The van der Waals surface area contributed by atoms with Crippen molar-refractivity contribution in [1.29, 1.82) is 0 Å². The molecule has 1 aromatic carbocycles. The number of anilines is 1. The first kappa shape index (κ1) is 27.8. The Morgan fingerprint density at radius 2 is 2.05 bits per heavy atom. The van der Waals surface area contributed by atoms with E-state index in [9.17, 15) is 18.3 Å². The fraction of sp³-hybridized carbons (Fsp3) is 0.462. The van der Waals surface area contributed by atoms with Crippen LogP contribution < -0.4 is 15.8 Å². The molecule has 204 valence electrons. The molecule has 1 saturated heterocycles. The third-order valence-electron chi connectivity index (χ3n) is 6.83. The second-order valence-corrected chi connectivity index (χ2v) is 13.2. The van der Waals surface area contributed by atoms with Gasteiger partial charge >= 0.3 is 0 Å². The van der Waals surface area contributed by atoms with Gasteiger partial charge < -0.3 is 15.8 Å². The Morgan fingerprint density at radius 1 is 1.32 bits per heavy atom. The van der Waals surface area contributed by atoms with Crippen LogP contribution in [0.2, 0.25) is 0 Å².